The van der Waals surface area contributed by atoms with E-state index in [0.29, 0.717) is 11.0 Å². The lowest BCUT2D eigenvalue weighted by atomic mass is 10.2. The van der Waals surface area contributed by atoms with E-state index in [1.165, 1.54) is 5.56 Å². The van der Waals surface area contributed by atoms with Crippen molar-refractivity contribution in [1.82, 2.24) is 9.97 Å². The van der Waals surface area contributed by atoms with Crippen molar-refractivity contribution in [3.63, 3.8) is 0 Å². The first-order chi connectivity index (χ1) is 9.02. The molecule has 0 aliphatic heterocycles. The molecule has 100 valence electrons. The van der Waals surface area contributed by atoms with Crippen molar-refractivity contribution in [2.45, 2.75) is 27.7 Å². The Morgan fingerprint density at radius 1 is 1.05 bits per heavy atom. The molecule has 0 fully saturated rings. The van der Waals surface area contributed by atoms with Gasteiger partial charge in [0.2, 0.25) is 0 Å². The van der Waals surface area contributed by atoms with Crippen molar-refractivity contribution >= 4 is 23.1 Å². The second kappa shape index (κ2) is 5.57. The molecule has 0 saturated heterocycles. The quantitative estimate of drug-likeness (QED) is 0.786. The monoisotopic (exact) mass is 275 g/mol. The molecular weight excluding hydrogens is 258 g/mol. The number of halogens is 1. The van der Waals surface area contributed by atoms with Crippen molar-refractivity contribution in [3.05, 3.63) is 46.4 Å². The molecule has 1 aromatic heterocycles. The minimum atomic E-state index is 0.521. The molecular formula is C15H18ClN3. The zero-order valence-corrected chi connectivity index (χ0v) is 12.5. The normalized spacial score (nSPS) is 10.6. The third kappa shape index (κ3) is 2.87. The van der Waals surface area contributed by atoms with E-state index in [4.69, 9.17) is 11.6 Å². The van der Waals surface area contributed by atoms with Gasteiger partial charge in [-0.2, -0.15) is 0 Å². The minimum Gasteiger partial charge on any atom is -0.326 e. The summed E-state index contributed by atoms with van der Waals surface area (Å²) >= 11 is 6.16. The van der Waals surface area contributed by atoms with E-state index in [9.17, 15) is 0 Å². The highest BCUT2D eigenvalue weighted by Crippen LogP contribution is 2.29. The number of hydrogen-bond acceptors (Lipinski definition) is 3. The van der Waals surface area contributed by atoms with Crippen LogP contribution in [0, 0.1) is 20.8 Å². The molecule has 3 nitrogen and oxygen atoms in total. The van der Waals surface area contributed by atoms with Crippen LogP contribution in [0.25, 0.3) is 0 Å². The Labute approximate surface area is 119 Å². The zero-order chi connectivity index (χ0) is 14.0. The molecule has 0 N–H and O–H groups in total. The first kappa shape index (κ1) is 13.8. The fourth-order valence-corrected chi connectivity index (χ4v) is 2.23. The van der Waals surface area contributed by atoms with Crippen molar-refractivity contribution in [3.8, 4) is 0 Å². The Morgan fingerprint density at radius 2 is 1.68 bits per heavy atom. The average Bonchev–Trinajstić information content (AvgIpc) is 2.38. The number of benzene rings is 1. The van der Waals surface area contributed by atoms with Crippen LogP contribution in [0.4, 0.5) is 11.5 Å². The highest BCUT2D eigenvalue weighted by atomic mass is 35.5. The van der Waals surface area contributed by atoms with Crippen LogP contribution in [0.15, 0.2) is 24.3 Å². The lowest BCUT2D eigenvalue weighted by Crippen LogP contribution is -2.19. The molecule has 0 aliphatic carbocycles. The maximum atomic E-state index is 6.16. The van der Waals surface area contributed by atoms with Crippen LogP contribution in [-0.2, 0) is 0 Å². The molecule has 4 heteroatoms. The van der Waals surface area contributed by atoms with Crippen LogP contribution < -0.4 is 4.90 Å². The summed E-state index contributed by atoms with van der Waals surface area (Å²) in [6.07, 6.45) is 0. The standard InChI is InChI=1S/C15H18ClN3/c1-5-19(13-8-6-10(2)7-9-13)15-11(3)14(16)17-12(4)18-15/h6-9H,5H2,1-4H3. The molecule has 0 unspecified atom stereocenters. The lowest BCUT2D eigenvalue weighted by Gasteiger charge is -2.24. The molecule has 2 aromatic rings. The van der Waals surface area contributed by atoms with E-state index in [0.717, 1.165) is 23.6 Å². The number of nitrogens with zero attached hydrogens (tertiary/aromatic N) is 3. The Morgan fingerprint density at radius 3 is 2.26 bits per heavy atom. The largest absolute Gasteiger partial charge is 0.326 e. The SMILES string of the molecule is CCN(c1ccc(C)cc1)c1nc(C)nc(Cl)c1C. The third-order valence-electron chi connectivity index (χ3n) is 3.09. The highest BCUT2D eigenvalue weighted by Gasteiger charge is 2.15. The van der Waals surface area contributed by atoms with E-state index in [1.54, 1.807) is 0 Å². The van der Waals surface area contributed by atoms with Crippen LogP contribution in [0.2, 0.25) is 5.15 Å². The van der Waals surface area contributed by atoms with Gasteiger partial charge in [0.1, 0.15) is 16.8 Å². The van der Waals surface area contributed by atoms with Crippen molar-refractivity contribution < 1.29 is 0 Å². The molecule has 0 atom stereocenters. The Kier molecular flexibility index (Phi) is 4.05. The average molecular weight is 276 g/mol. The van der Waals surface area contributed by atoms with E-state index >= 15 is 0 Å². The van der Waals surface area contributed by atoms with Gasteiger partial charge in [-0.25, -0.2) is 9.97 Å². The second-order valence-electron chi connectivity index (χ2n) is 4.59. The van der Waals surface area contributed by atoms with Gasteiger partial charge in [-0.15, -0.1) is 0 Å². The summed E-state index contributed by atoms with van der Waals surface area (Å²) in [5.74, 6) is 1.57. The first-order valence-corrected chi connectivity index (χ1v) is 6.75. The maximum Gasteiger partial charge on any atom is 0.141 e. The van der Waals surface area contributed by atoms with Crippen molar-refractivity contribution in [1.29, 1.82) is 0 Å². The number of anilines is 2. The Hall–Kier alpha value is -1.61. The van der Waals surface area contributed by atoms with Crippen LogP contribution in [0.1, 0.15) is 23.9 Å². The summed E-state index contributed by atoms with van der Waals surface area (Å²) in [4.78, 5) is 10.9. The number of aryl methyl sites for hydroxylation is 2. The van der Waals surface area contributed by atoms with E-state index in [-0.39, 0.29) is 0 Å². The number of rotatable bonds is 3. The van der Waals surface area contributed by atoms with Crippen molar-refractivity contribution in [2.24, 2.45) is 0 Å². The van der Waals surface area contributed by atoms with Crippen LogP contribution >= 0.6 is 11.6 Å². The van der Waals surface area contributed by atoms with Gasteiger partial charge in [0, 0.05) is 17.8 Å². The number of hydrogen-bond donors (Lipinski definition) is 0. The molecule has 2 rings (SSSR count). The molecule has 1 heterocycles. The lowest BCUT2D eigenvalue weighted by molar-refractivity contribution is 0.936. The summed E-state index contributed by atoms with van der Waals surface area (Å²) in [6.45, 7) is 8.82. The Balaban J connectivity index is 2.50. The molecule has 1 aromatic carbocycles. The fraction of sp³-hybridized carbons (Fsp3) is 0.333. The Bertz CT molecular complexity index is 579. The first-order valence-electron chi connectivity index (χ1n) is 6.38. The van der Waals surface area contributed by atoms with E-state index < -0.39 is 0 Å². The van der Waals surface area contributed by atoms with Gasteiger partial charge in [-0.3, -0.25) is 0 Å². The van der Waals surface area contributed by atoms with Gasteiger partial charge >= 0.3 is 0 Å². The highest BCUT2D eigenvalue weighted by molar-refractivity contribution is 6.30. The topological polar surface area (TPSA) is 29.0 Å². The van der Waals surface area contributed by atoms with Crippen LogP contribution in [0.5, 0.6) is 0 Å². The predicted octanol–water partition coefficient (Wildman–Crippen LogP) is 4.21. The zero-order valence-electron chi connectivity index (χ0n) is 11.7. The van der Waals surface area contributed by atoms with Gasteiger partial charge in [0.05, 0.1) is 0 Å². The van der Waals surface area contributed by atoms with Crippen LogP contribution in [0.3, 0.4) is 0 Å². The molecule has 19 heavy (non-hydrogen) atoms. The third-order valence-corrected chi connectivity index (χ3v) is 3.46. The second-order valence-corrected chi connectivity index (χ2v) is 4.95. The predicted molar refractivity (Wildman–Crippen MR) is 80.4 cm³/mol. The van der Waals surface area contributed by atoms with Gasteiger partial charge < -0.3 is 4.90 Å². The molecule has 0 aliphatic rings. The summed E-state index contributed by atoms with van der Waals surface area (Å²) < 4.78 is 0. The smallest absolute Gasteiger partial charge is 0.141 e. The number of aromatic nitrogens is 2. The molecule has 0 spiro atoms. The van der Waals surface area contributed by atoms with Gasteiger partial charge in [0.15, 0.2) is 0 Å². The van der Waals surface area contributed by atoms with Crippen LogP contribution in [-0.4, -0.2) is 16.5 Å². The van der Waals surface area contributed by atoms with Gasteiger partial charge in [-0.1, -0.05) is 29.3 Å². The summed E-state index contributed by atoms with van der Waals surface area (Å²) in [5, 5.41) is 0.521. The van der Waals surface area contributed by atoms with Gasteiger partial charge in [-0.05, 0) is 39.8 Å². The van der Waals surface area contributed by atoms with E-state index in [1.807, 2.05) is 13.8 Å². The van der Waals surface area contributed by atoms with Crippen molar-refractivity contribution in [2.75, 3.05) is 11.4 Å². The summed E-state index contributed by atoms with van der Waals surface area (Å²) in [5.41, 5.74) is 3.27. The summed E-state index contributed by atoms with van der Waals surface area (Å²) in [6, 6.07) is 8.40. The van der Waals surface area contributed by atoms with E-state index in [2.05, 4.69) is 53.0 Å². The fourth-order valence-electron chi connectivity index (χ4n) is 2.02. The molecule has 0 radical (unpaired) electrons. The molecule has 0 bridgehead atoms. The van der Waals surface area contributed by atoms with Gasteiger partial charge in [0.25, 0.3) is 0 Å². The minimum absolute atomic E-state index is 0.521. The molecule has 0 saturated carbocycles. The molecule has 0 amide bonds. The summed E-state index contributed by atoms with van der Waals surface area (Å²) in [7, 11) is 0. The maximum absolute atomic E-state index is 6.16.